The molecule has 4 nitrogen and oxygen atoms in total. The predicted octanol–water partition coefficient (Wildman–Crippen LogP) is 11.7. The zero-order valence-corrected chi connectivity index (χ0v) is 33.0. The number of carbonyl (C=O) groups is 1. The lowest BCUT2D eigenvalue weighted by Gasteiger charge is -2.32. The molecule has 3 aromatic carbocycles. The van der Waals surface area contributed by atoms with Gasteiger partial charge in [-0.25, -0.2) is 0 Å². The Hall–Kier alpha value is -2.28. The van der Waals surface area contributed by atoms with E-state index in [1.165, 1.54) is 0 Å². The molecule has 47 heavy (non-hydrogen) atoms. The molecule has 0 atom stereocenters. The molecular formula is C40H55ClO4S2. The van der Waals surface area contributed by atoms with Crippen LogP contribution in [0.1, 0.15) is 124 Å². The second-order valence-corrected chi connectivity index (χ2v) is 20.8. The number of hydrogen-bond acceptors (Lipinski definition) is 6. The summed E-state index contributed by atoms with van der Waals surface area (Å²) >= 11 is 9.78. The number of thioether (sulfide) groups is 2. The second-order valence-electron chi connectivity index (χ2n) is 16.7. The summed E-state index contributed by atoms with van der Waals surface area (Å²) in [6, 6.07) is 15.8. The van der Waals surface area contributed by atoms with Gasteiger partial charge in [0.1, 0.15) is 11.5 Å². The van der Waals surface area contributed by atoms with Crippen LogP contribution in [0.4, 0.5) is 0 Å². The lowest BCUT2D eigenvalue weighted by molar-refractivity contribution is -0.143. The molecule has 2 N–H and O–H groups in total. The average molecular weight is 699 g/mol. The number of phenols is 2. The summed E-state index contributed by atoms with van der Waals surface area (Å²) < 4.78 is 5.37. The lowest BCUT2D eigenvalue weighted by atomic mass is 9.77. The van der Waals surface area contributed by atoms with Crippen molar-refractivity contribution in [3.05, 3.63) is 81.4 Å². The van der Waals surface area contributed by atoms with Gasteiger partial charge in [-0.3, -0.25) is 4.79 Å². The quantitative estimate of drug-likeness (QED) is 0.125. The molecule has 0 aliphatic rings. The van der Waals surface area contributed by atoms with Crippen molar-refractivity contribution in [2.75, 3.05) is 6.61 Å². The SMILES string of the molecule is CC(C)(Sc1cc(C(C)(C)C)c(O)c(C(C)(C)C)c1)Sc1cc(C(C)(C)C)c(O)c(C(C)(C)CCOC(=O)Cc2ccccc2Cl)c1. The molecule has 3 rings (SSSR count). The summed E-state index contributed by atoms with van der Waals surface area (Å²) in [6.07, 6.45) is 0.664. The van der Waals surface area contributed by atoms with E-state index in [9.17, 15) is 15.0 Å². The molecule has 0 heterocycles. The molecule has 258 valence electrons. The molecular weight excluding hydrogens is 644 g/mol. The topological polar surface area (TPSA) is 66.8 Å². The van der Waals surface area contributed by atoms with Crippen LogP contribution in [0.2, 0.25) is 5.02 Å². The van der Waals surface area contributed by atoms with Crippen molar-refractivity contribution in [1.82, 2.24) is 0 Å². The van der Waals surface area contributed by atoms with Gasteiger partial charge in [0.2, 0.25) is 0 Å². The fourth-order valence-electron chi connectivity index (χ4n) is 5.56. The van der Waals surface area contributed by atoms with Crippen molar-refractivity contribution in [2.45, 2.75) is 138 Å². The van der Waals surface area contributed by atoms with E-state index < -0.39 is 5.41 Å². The van der Waals surface area contributed by atoms with E-state index in [4.69, 9.17) is 16.3 Å². The number of halogens is 1. The Morgan fingerprint density at radius 3 is 1.51 bits per heavy atom. The summed E-state index contributed by atoms with van der Waals surface area (Å²) in [7, 11) is 0. The highest BCUT2D eigenvalue weighted by Crippen LogP contribution is 2.51. The Balaban J connectivity index is 1.91. The smallest absolute Gasteiger partial charge is 0.310 e. The van der Waals surface area contributed by atoms with Gasteiger partial charge < -0.3 is 14.9 Å². The van der Waals surface area contributed by atoms with E-state index in [0.29, 0.717) is 22.9 Å². The van der Waals surface area contributed by atoms with Crippen LogP contribution in [0.3, 0.4) is 0 Å². The van der Waals surface area contributed by atoms with Gasteiger partial charge in [-0.05, 0) is 77.8 Å². The first-order valence-electron chi connectivity index (χ1n) is 16.3. The fraction of sp³-hybridized carbons (Fsp3) is 0.525. The Labute approximate surface area is 297 Å². The molecule has 0 unspecified atom stereocenters. The van der Waals surface area contributed by atoms with E-state index in [-0.39, 0.29) is 39.3 Å². The second kappa shape index (κ2) is 14.3. The number of rotatable bonds is 10. The summed E-state index contributed by atoms with van der Waals surface area (Å²) in [5.41, 5.74) is 3.19. The van der Waals surface area contributed by atoms with Crippen molar-refractivity contribution >= 4 is 41.1 Å². The van der Waals surface area contributed by atoms with E-state index in [1.54, 1.807) is 29.6 Å². The maximum Gasteiger partial charge on any atom is 0.310 e. The van der Waals surface area contributed by atoms with Gasteiger partial charge in [-0.2, -0.15) is 0 Å². The Morgan fingerprint density at radius 2 is 1.09 bits per heavy atom. The van der Waals surface area contributed by atoms with Gasteiger partial charge in [-0.15, -0.1) is 23.5 Å². The number of benzene rings is 3. The molecule has 0 aliphatic heterocycles. The minimum atomic E-state index is -0.469. The third-order valence-corrected chi connectivity index (χ3v) is 11.1. The Kier molecular flexibility index (Phi) is 11.9. The Morgan fingerprint density at radius 1 is 0.681 bits per heavy atom. The maximum atomic E-state index is 12.6. The van der Waals surface area contributed by atoms with Crippen LogP contribution < -0.4 is 0 Å². The molecule has 0 amide bonds. The molecule has 0 saturated carbocycles. The van der Waals surface area contributed by atoms with Crippen molar-refractivity contribution in [1.29, 1.82) is 0 Å². The number of carbonyl (C=O) groups excluding carboxylic acids is 1. The van der Waals surface area contributed by atoms with Crippen molar-refractivity contribution in [3.8, 4) is 11.5 Å². The van der Waals surface area contributed by atoms with Gasteiger partial charge in [-0.1, -0.05) is 106 Å². The summed E-state index contributed by atoms with van der Waals surface area (Å²) in [4.78, 5) is 14.8. The van der Waals surface area contributed by atoms with E-state index >= 15 is 0 Å². The van der Waals surface area contributed by atoms with Crippen molar-refractivity contribution < 1.29 is 19.7 Å². The monoisotopic (exact) mass is 698 g/mol. The molecule has 7 heteroatoms. The van der Waals surface area contributed by atoms with Crippen LogP contribution in [0.5, 0.6) is 11.5 Å². The van der Waals surface area contributed by atoms with Crippen LogP contribution in [0, 0.1) is 0 Å². The third-order valence-electron chi connectivity index (χ3n) is 8.33. The van der Waals surface area contributed by atoms with Gasteiger partial charge >= 0.3 is 5.97 Å². The minimum Gasteiger partial charge on any atom is -0.507 e. The van der Waals surface area contributed by atoms with E-state index in [2.05, 4.69) is 114 Å². The minimum absolute atomic E-state index is 0.119. The van der Waals surface area contributed by atoms with Gasteiger partial charge in [0.05, 0.1) is 17.1 Å². The lowest BCUT2D eigenvalue weighted by Crippen LogP contribution is -2.23. The van der Waals surface area contributed by atoms with Crippen LogP contribution >= 0.6 is 35.1 Å². The molecule has 0 saturated heterocycles. The fourth-order valence-corrected chi connectivity index (χ4v) is 8.35. The summed E-state index contributed by atoms with van der Waals surface area (Å²) in [5.74, 6) is 0.354. The van der Waals surface area contributed by atoms with E-state index in [0.717, 1.165) is 37.6 Å². The van der Waals surface area contributed by atoms with Gasteiger partial charge in [0.25, 0.3) is 0 Å². The van der Waals surface area contributed by atoms with Crippen LogP contribution in [-0.2, 0) is 37.6 Å². The van der Waals surface area contributed by atoms with Crippen LogP contribution in [0.15, 0.2) is 58.3 Å². The van der Waals surface area contributed by atoms with Crippen LogP contribution in [-0.4, -0.2) is 26.9 Å². The number of phenolic OH excluding ortho intramolecular Hbond substituents is 2. The highest BCUT2D eigenvalue weighted by molar-refractivity contribution is 8.18. The van der Waals surface area contributed by atoms with Crippen LogP contribution in [0.25, 0.3) is 0 Å². The summed E-state index contributed by atoms with van der Waals surface area (Å²) in [5, 5.41) is 23.4. The molecule has 0 fully saturated rings. The molecule has 0 aromatic heterocycles. The number of hydrogen-bond donors (Lipinski definition) is 2. The number of esters is 1. The molecule has 0 aliphatic carbocycles. The molecule has 0 spiro atoms. The molecule has 0 radical (unpaired) electrons. The Bertz CT molecular complexity index is 1550. The molecule has 3 aromatic rings. The van der Waals surface area contributed by atoms with Crippen molar-refractivity contribution in [2.24, 2.45) is 0 Å². The first-order chi connectivity index (χ1) is 21.3. The normalized spacial score (nSPS) is 13.1. The predicted molar refractivity (Wildman–Crippen MR) is 202 cm³/mol. The first-order valence-corrected chi connectivity index (χ1v) is 18.4. The zero-order chi connectivity index (χ0) is 35.8. The van der Waals surface area contributed by atoms with Crippen molar-refractivity contribution in [3.63, 3.8) is 0 Å². The summed E-state index contributed by atoms with van der Waals surface area (Å²) in [6.45, 7) is 28.0. The molecule has 0 bridgehead atoms. The largest absolute Gasteiger partial charge is 0.507 e. The van der Waals surface area contributed by atoms with E-state index in [1.807, 2.05) is 18.2 Å². The highest BCUT2D eigenvalue weighted by Gasteiger charge is 2.33. The zero-order valence-electron chi connectivity index (χ0n) is 30.6. The average Bonchev–Trinajstić information content (AvgIpc) is 2.89. The van der Waals surface area contributed by atoms with Gasteiger partial charge in [0.15, 0.2) is 0 Å². The first kappa shape index (κ1) is 39.2. The third kappa shape index (κ3) is 10.4. The standard InChI is InChI=1S/C40H55ClO4S2/c1-36(2,3)28-21-26(22-29(34(28)43)37(4,5)6)46-40(12,13)47-27-23-30(38(7,8)9)35(44)31(24-27)39(10,11)18-19-45-33(42)20-25-16-14-15-17-32(25)41/h14-17,21-24,43-44H,18-20H2,1-13H3. The van der Waals surface area contributed by atoms with Gasteiger partial charge in [0, 0.05) is 37.1 Å². The maximum absolute atomic E-state index is 12.6. The number of aromatic hydroxyl groups is 2. The number of ether oxygens (including phenoxy) is 1. The highest BCUT2D eigenvalue weighted by atomic mass is 35.5.